The molecule has 0 radical (unpaired) electrons. The Morgan fingerprint density at radius 3 is 2.42 bits per heavy atom. The molecule has 0 saturated heterocycles. The van der Waals surface area contributed by atoms with Gasteiger partial charge in [0, 0.05) is 11.1 Å². The van der Waals surface area contributed by atoms with E-state index in [0.29, 0.717) is 5.92 Å². The van der Waals surface area contributed by atoms with Crippen LogP contribution < -0.4 is 5.32 Å². The van der Waals surface area contributed by atoms with Crippen molar-refractivity contribution in [2.45, 2.75) is 52.0 Å². The maximum atomic E-state index is 6.31. The summed E-state index contributed by atoms with van der Waals surface area (Å²) in [4.78, 5) is 0. The standard InChI is InChI=1S/C17H26ClN/c1-3-13(4-2)15(12-19-16-9-10-16)11-14-7-5-6-8-17(14)18/h5-8,13,15-16,19H,3-4,9-12H2,1-2H3. The fraction of sp³-hybridized carbons (Fsp3) is 0.647. The molecular formula is C17H26ClN. The molecule has 1 aromatic carbocycles. The summed E-state index contributed by atoms with van der Waals surface area (Å²) in [5.41, 5.74) is 1.30. The second kappa shape index (κ2) is 7.31. The van der Waals surface area contributed by atoms with Crippen molar-refractivity contribution in [1.29, 1.82) is 0 Å². The second-order valence-electron chi connectivity index (χ2n) is 5.81. The van der Waals surface area contributed by atoms with E-state index < -0.39 is 0 Å². The molecule has 0 aliphatic heterocycles. The van der Waals surface area contributed by atoms with Crippen LogP contribution in [-0.4, -0.2) is 12.6 Å². The fourth-order valence-corrected chi connectivity index (χ4v) is 3.13. The van der Waals surface area contributed by atoms with E-state index in [2.05, 4.69) is 31.3 Å². The van der Waals surface area contributed by atoms with Gasteiger partial charge in [-0.25, -0.2) is 0 Å². The van der Waals surface area contributed by atoms with E-state index in [0.717, 1.165) is 29.9 Å². The van der Waals surface area contributed by atoms with Crippen LogP contribution in [0.25, 0.3) is 0 Å². The van der Waals surface area contributed by atoms with E-state index >= 15 is 0 Å². The molecule has 19 heavy (non-hydrogen) atoms. The van der Waals surface area contributed by atoms with Crippen LogP contribution in [-0.2, 0) is 6.42 Å². The lowest BCUT2D eigenvalue weighted by atomic mass is 9.83. The van der Waals surface area contributed by atoms with Gasteiger partial charge < -0.3 is 5.32 Å². The van der Waals surface area contributed by atoms with Gasteiger partial charge in [0.1, 0.15) is 0 Å². The van der Waals surface area contributed by atoms with Crippen LogP contribution in [0.2, 0.25) is 5.02 Å². The van der Waals surface area contributed by atoms with Crippen molar-refractivity contribution in [2.24, 2.45) is 11.8 Å². The quantitative estimate of drug-likeness (QED) is 0.728. The third kappa shape index (κ3) is 4.50. The number of rotatable bonds is 8. The molecule has 0 spiro atoms. The highest BCUT2D eigenvalue weighted by atomic mass is 35.5. The molecular weight excluding hydrogens is 254 g/mol. The zero-order chi connectivity index (χ0) is 13.7. The molecule has 1 unspecified atom stereocenters. The zero-order valence-electron chi connectivity index (χ0n) is 12.2. The molecule has 2 heteroatoms. The summed E-state index contributed by atoms with van der Waals surface area (Å²) >= 11 is 6.31. The summed E-state index contributed by atoms with van der Waals surface area (Å²) in [7, 11) is 0. The second-order valence-corrected chi connectivity index (χ2v) is 6.22. The molecule has 1 fully saturated rings. The van der Waals surface area contributed by atoms with Gasteiger partial charge in [0.2, 0.25) is 0 Å². The Balaban J connectivity index is 2.00. The number of halogens is 1. The van der Waals surface area contributed by atoms with Crippen LogP contribution in [0.5, 0.6) is 0 Å². The predicted molar refractivity (Wildman–Crippen MR) is 83.7 cm³/mol. The lowest BCUT2D eigenvalue weighted by molar-refractivity contribution is 0.297. The molecule has 2 rings (SSSR count). The van der Waals surface area contributed by atoms with Gasteiger partial charge in [0.05, 0.1) is 0 Å². The van der Waals surface area contributed by atoms with E-state index in [-0.39, 0.29) is 0 Å². The van der Waals surface area contributed by atoms with Crippen molar-refractivity contribution in [3.05, 3.63) is 34.9 Å². The summed E-state index contributed by atoms with van der Waals surface area (Å²) in [6.07, 6.45) is 6.35. The first-order chi connectivity index (χ1) is 9.24. The highest BCUT2D eigenvalue weighted by Crippen LogP contribution is 2.28. The average molecular weight is 280 g/mol. The van der Waals surface area contributed by atoms with Crippen molar-refractivity contribution in [2.75, 3.05) is 6.54 Å². The summed E-state index contributed by atoms with van der Waals surface area (Å²) in [6.45, 7) is 5.76. The van der Waals surface area contributed by atoms with Crippen LogP contribution in [0, 0.1) is 11.8 Å². The largest absolute Gasteiger partial charge is 0.314 e. The van der Waals surface area contributed by atoms with E-state index in [1.54, 1.807) is 0 Å². The van der Waals surface area contributed by atoms with Crippen molar-refractivity contribution in [3.63, 3.8) is 0 Å². The summed E-state index contributed by atoms with van der Waals surface area (Å²) in [5.74, 6) is 1.50. The number of hydrogen-bond acceptors (Lipinski definition) is 1. The van der Waals surface area contributed by atoms with Gasteiger partial charge in [-0.15, -0.1) is 0 Å². The van der Waals surface area contributed by atoms with Crippen LogP contribution >= 0.6 is 11.6 Å². The van der Waals surface area contributed by atoms with E-state index in [9.17, 15) is 0 Å². The van der Waals surface area contributed by atoms with Gasteiger partial charge >= 0.3 is 0 Å². The molecule has 1 saturated carbocycles. The smallest absolute Gasteiger partial charge is 0.0438 e. The first-order valence-electron chi connectivity index (χ1n) is 7.71. The molecule has 1 aliphatic rings. The minimum Gasteiger partial charge on any atom is -0.314 e. The molecule has 0 amide bonds. The molecule has 106 valence electrons. The lowest BCUT2D eigenvalue weighted by Crippen LogP contribution is -2.31. The van der Waals surface area contributed by atoms with E-state index in [1.807, 2.05) is 12.1 Å². The lowest BCUT2D eigenvalue weighted by Gasteiger charge is -2.26. The zero-order valence-corrected chi connectivity index (χ0v) is 12.9. The first-order valence-corrected chi connectivity index (χ1v) is 8.09. The fourth-order valence-electron chi connectivity index (χ4n) is 2.91. The first kappa shape index (κ1) is 14.9. The monoisotopic (exact) mass is 279 g/mol. The molecule has 1 aliphatic carbocycles. The maximum absolute atomic E-state index is 6.31. The van der Waals surface area contributed by atoms with Gasteiger partial charge in [0.15, 0.2) is 0 Å². The topological polar surface area (TPSA) is 12.0 Å². The predicted octanol–water partition coefficient (Wildman–Crippen LogP) is 4.69. The van der Waals surface area contributed by atoms with E-state index in [4.69, 9.17) is 11.6 Å². The normalized spacial score (nSPS) is 16.8. The van der Waals surface area contributed by atoms with Gasteiger partial charge in [0.25, 0.3) is 0 Å². The molecule has 0 bridgehead atoms. The van der Waals surface area contributed by atoms with Gasteiger partial charge in [-0.05, 0) is 49.3 Å². The third-order valence-corrected chi connectivity index (χ3v) is 4.77. The van der Waals surface area contributed by atoms with Gasteiger partial charge in [-0.2, -0.15) is 0 Å². The third-order valence-electron chi connectivity index (χ3n) is 4.40. The van der Waals surface area contributed by atoms with Gasteiger partial charge in [-0.3, -0.25) is 0 Å². The van der Waals surface area contributed by atoms with Crippen molar-refractivity contribution in [1.82, 2.24) is 5.32 Å². The highest BCUT2D eigenvalue weighted by Gasteiger charge is 2.25. The van der Waals surface area contributed by atoms with Crippen LogP contribution in [0.15, 0.2) is 24.3 Å². The molecule has 1 aromatic rings. The van der Waals surface area contributed by atoms with Crippen molar-refractivity contribution in [3.8, 4) is 0 Å². The Bertz CT molecular complexity index is 383. The van der Waals surface area contributed by atoms with Crippen LogP contribution in [0.1, 0.15) is 45.1 Å². The SMILES string of the molecule is CCC(CC)C(CNC1CC1)Cc1ccccc1Cl. The molecule has 1 nitrogen and oxygen atoms in total. The van der Waals surface area contributed by atoms with Crippen LogP contribution in [0.4, 0.5) is 0 Å². The Kier molecular flexibility index (Phi) is 5.72. The summed E-state index contributed by atoms with van der Waals surface area (Å²) in [5, 5.41) is 4.62. The summed E-state index contributed by atoms with van der Waals surface area (Å²) in [6, 6.07) is 9.09. The minimum absolute atomic E-state index is 0.704. The summed E-state index contributed by atoms with van der Waals surface area (Å²) < 4.78 is 0. The number of hydrogen-bond donors (Lipinski definition) is 1. The number of benzene rings is 1. The average Bonchev–Trinajstić information content (AvgIpc) is 3.23. The molecule has 0 heterocycles. The Hall–Kier alpha value is -0.530. The van der Waals surface area contributed by atoms with Crippen molar-refractivity contribution < 1.29 is 0 Å². The van der Waals surface area contributed by atoms with Crippen molar-refractivity contribution >= 4 is 11.6 Å². The molecule has 1 atom stereocenters. The highest BCUT2D eigenvalue weighted by molar-refractivity contribution is 6.31. The van der Waals surface area contributed by atoms with Gasteiger partial charge in [-0.1, -0.05) is 56.5 Å². The van der Waals surface area contributed by atoms with E-state index in [1.165, 1.54) is 31.2 Å². The minimum atomic E-state index is 0.704. The maximum Gasteiger partial charge on any atom is 0.0438 e. The molecule has 1 N–H and O–H groups in total. The Labute approximate surface area is 122 Å². The molecule has 0 aromatic heterocycles. The Morgan fingerprint density at radius 2 is 1.84 bits per heavy atom. The number of nitrogens with one attached hydrogen (secondary N) is 1. The van der Waals surface area contributed by atoms with Crippen LogP contribution in [0.3, 0.4) is 0 Å². The Morgan fingerprint density at radius 1 is 1.16 bits per heavy atom.